The van der Waals surface area contributed by atoms with Gasteiger partial charge < -0.3 is 19.5 Å². The molecule has 1 aliphatic carbocycles. The van der Waals surface area contributed by atoms with E-state index in [0.29, 0.717) is 6.61 Å². The first-order valence-corrected chi connectivity index (χ1v) is 6.67. The van der Waals surface area contributed by atoms with Crippen molar-refractivity contribution < 1.29 is 4.74 Å². The summed E-state index contributed by atoms with van der Waals surface area (Å²) in [6, 6.07) is 0.821. The van der Waals surface area contributed by atoms with Gasteiger partial charge in [0.05, 0.1) is 12.3 Å². The number of likely N-dealkylation sites (N-methyl/N-ethyl adjacent to an activating group) is 1. The molecule has 0 aliphatic heterocycles. The van der Waals surface area contributed by atoms with Gasteiger partial charge in [0.1, 0.15) is 0 Å². The minimum absolute atomic E-state index is 0.715. The Morgan fingerprint density at radius 3 is 3.00 bits per heavy atom. The number of hydrogen-bond acceptors (Lipinski definition) is 4. The van der Waals surface area contributed by atoms with Gasteiger partial charge in [0.2, 0.25) is 5.95 Å². The lowest BCUT2D eigenvalue weighted by atomic mass is 10.5. The molecule has 0 aromatic carbocycles. The lowest BCUT2D eigenvalue weighted by Crippen LogP contribution is -2.27. The predicted octanol–water partition coefficient (Wildman–Crippen LogP) is 1.34. The third kappa shape index (κ3) is 3.71. The number of nitrogens with zero attached hydrogens (tertiary/aromatic N) is 3. The highest BCUT2D eigenvalue weighted by molar-refractivity contribution is 5.28. The molecular weight excluding hydrogens is 228 g/mol. The summed E-state index contributed by atoms with van der Waals surface area (Å²) >= 11 is 0. The Morgan fingerprint density at radius 2 is 2.33 bits per heavy atom. The van der Waals surface area contributed by atoms with E-state index in [1.165, 1.54) is 12.8 Å². The van der Waals surface area contributed by atoms with Crippen molar-refractivity contribution in [3.63, 3.8) is 0 Å². The molecule has 0 spiro atoms. The van der Waals surface area contributed by atoms with Crippen LogP contribution in [0.3, 0.4) is 0 Å². The van der Waals surface area contributed by atoms with Crippen molar-refractivity contribution >= 4 is 5.95 Å². The van der Waals surface area contributed by atoms with Crippen LogP contribution in [0.5, 0.6) is 0 Å². The second-order valence-electron chi connectivity index (χ2n) is 5.03. The average Bonchev–Trinajstić information content (AvgIpc) is 3.12. The van der Waals surface area contributed by atoms with Gasteiger partial charge in [0.15, 0.2) is 0 Å². The van der Waals surface area contributed by atoms with Crippen LogP contribution in [0.1, 0.15) is 18.5 Å². The maximum Gasteiger partial charge on any atom is 0.203 e. The molecule has 0 saturated heterocycles. The zero-order valence-corrected chi connectivity index (χ0v) is 11.6. The summed E-state index contributed by atoms with van der Waals surface area (Å²) in [5, 5.41) is 3.41. The second kappa shape index (κ2) is 6.20. The van der Waals surface area contributed by atoms with Gasteiger partial charge in [-0.2, -0.15) is 0 Å². The quantitative estimate of drug-likeness (QED) is 0.758. The van der Waals surface area contributed by atoms with E-state index in [1.54, 1.807) is 7.11 Å². The van der Waals surface area contributed by atoms with E-state index >= 15 is 0 Å². The maximum atomic E-state index is 5.11. The number of nitrogens with one attached hydrogen (secondary N) is 1. The summed E-state index contributed by atoms with van der Waals surface area (Å²) < 4.78 is 7.23. The molecule has 1 N–H and O–H groups in total. The van der Waals surface area contributed by atoms with E-state index < -0.39 is 0 Å². The molecule has 1 aromatic rings. The highest BCUT2D eigenvalue weighted by Gasteiger charge is 2.25. The van der Waals surface area contributed by atoms with Crippen LogP contribution < -0.4 is 5.32 Å². The molecule has 0 atom stereocenters. The fraction of sp³-hybridized carbons (Fsp3) is 0.769. The Bertz CT molecular complexity index is 373. The van der Waals surface area contributed by atoms with Crippen LogP contribution in [0.25, 0.3) is 0 Å². The van der Waals surface area contributed by atoms with Crippen LogP contribution in [0, 0.1) is 6.92 Å². The Morgan fingerprint density at radius 1 is 1.56 bits per heavy atom. The zero-order valence-electron chi connectivity index (χ0n) is 11.6. The number of imidazole rings is 1. The Balaban J connectivity index is 1.79. The van der Waals surface area contributed by atoms with Gasteiger partial charge in [0, 0.05) is 39.0 Å². The van der Waals surface area contributed by atoms with Crippen LogP contribution in [-0.4, -0.2) is 54.3 Å². The molecule has 1 aromatic heterocycles. The smallest absolute Gasteiger partial charge is 0.203 e. The first-order valence-electron chi connectivity index (χ1n) is 6.67. The zero-order chi connectivity index (χ0) is 13.0. The average molecular weight is 252 g/mol. The number of aromatic nitrogens is 2. The first-order chi connectivity index (χ1) is 8.70. The van der Waals surface area contributed by atoms with Crippen molar-refractivity contribution in [3.05, 3.63) is 11.9 Å². The Kier molecular flexibility index (Phi) is 4.60. The van der Waals surface area contributed by atoms with Gasteiger partial charge in [-0.15, -0.1) is 0 Å². The van der Waals surface area contributed by atoms with E-state index in [-0.39, 0.29) is 0 Å². The molecule has 102 valence electrons. The van der Waals surface area contributed by atoms with E-state index in [2.05, 4.69) is 33.0 Å². The number of aryl methyl sites for hydroxylation is 1. The van der Waals surface area contributed by atoms with Crippen molar-refractivity contribution in [2.24, 2.45) is 0 Å². The minimum atomic E-state index is 0.715. The molecule has 1 fully saturated rings. The number of rotatable bonds is 8. The molecule has 2 rings (SSSR count). The lowest BCUT2D eigenvalue weighted by Gasteiger charge is -2.16. The van der Waals surface area contributed by atoms with Crippen LogP contribution in [-0.2, 0) is 11.3 Å². The largest absolute Gasteiger partial charge is 0.383 e. The minimum Gasteiger partial charge on any atom is -0.383 e. The van der Waals surface area contributed by atoms with Crippen LogP contribution in [0.2, 0.25) is 0 Å². The van der Waals surface area contributed by atoms with Crippen molar-refractivity contribution in [1.29, 1.82) is 0 Å². The van der Waals surface area contributed by atoms with E-state index in [4.69, 9.17) is 4.74 Å². The van der Waals surface area contributed by atoms with Crippen LogP contribution in [0.15, 0.2) is 6.20 Å². The molecule has 1 saturated carbocycles. The maximum absolute atomic E-state index is 5.11. The second-order valence-corrected chi connectivity index (χ2v) is 5.03. The van der Waals surface area contributed by atoms with Crippen LogP contribution in [0.4, 0.5) is 5.95 Å². The normalized spacial score (nSPS) is 15.3. The summed E-state index contributed by atoms with van der Waals surface area (Å²) in [5.41, 5.74) is 1.05. The molecule has 0 bridgehead atoms. The number of methoxy groups -OCH3 is 1. The molecule has 0 radical (unpaired) electrons. The first kappa shape index (κ1) is 13.4. The summed E-state index contributed by atoms with van der Waals surface area (Å²) in [6.45, 7) is 5.59. The monoisotopic (exact) mass is 252 g/mol. The fourth-order valence-electron chi connectivity index (χ4n) is 2.09. The highest BCUT2D eigenvalue weighted by Crippen LogP contribution is 2.24. The number of hydrogen-bond donors (Lipinski definition) is 1. The van der Waals surface area contributed by atoms with Gasteiger partial charge in [-0.05, 0) is 26.8 Å². The topological polar surface area (TPSA) is 42.3 Å². The van der Waals surface area contributed by atoms with Crippen LogP contribution >= 0.6 is 0 Å². The van der Waals surface area contributed by atoms with Crippen molar-refractivity contribution in [2.45, 2.75) is 32.4 Å². The number of anilines is 1. The summed E-state index contributed by atoms with van der Waals surface area (Å²) in [6.07, 6.45) is 4.78. The SMILES string of the molecule is COCCn1cc(C)nc1NCCN(C)C1CC1. The van der Waals surface area contributed by atoms with Gasteiger partial charge in [-0.25, -0.2) is 4.98 Å². The third-order valence-corrected chi connectivity index (χ3v) is 3.35. The standard InChI is InChI=1S/C13H24N4O/c1-11-10-17(8-9-18-3)13(15-11)14-6-7-16(2)12-4-5-12/h10,12H,4-9H2,1-3H3,(H,14,15). The van der Waals surface area contributed by atoms with Gasteiger partial charge in [-0.1, -0.05) is 0 Å². The molecule has 1 heterocycles. The predicted molar refractivity (Wildman–Crippen MR) is 73.0 cm³/mol. The fourth-order valence-corrected chi connectivity index (χ4v) is 2.09. The molecule has 0 amide bonds. The molecule has 18 heavy (non-hydrogen) atoms. The van der Waals surface area contributed by atoms with Gasteiger partial charge in [0.25, 0.3) is 0 Å². The number of ether oxygens (including phenoxy) is 1. The lowest BCUT2D eigenvalue weighted by molar-refractivity contribution is 0.187. The molecule has 0 unspecified atom stereocenters. The van der Waals surface area contributed by atoms with Gasteiger partial charge in [-0.3, -0.25) is 0 Å². The summed E-state index contributed by atoms with van der Waals surface area (Å²) in [5.74, 6) is 0.953. The highest BCUT2D eigenvalue weighted by atomic mass is 16.5. The van der Waals surface area contributed by atoms with Crippen molar-refractivity contribution in [3.8, 4) is 0 Å². The Hall–Kier alpha value is -1.07. The summed E-state index contributed by atoms with van der Waals surface area (Å²) in [7, 11) is 3.92. The third-order valence-electron chi connectivity index (χ3n) is 3.35. The van der Waals surface area contributed by atoms with Gasteiger partial charge >= 0.3 is 0 Å². The van der Waals surface area contributed by atoms with E-state index in [1.807, 2.05) is 6.92 Å². The molecule has 1 aliphatic rings. The van der Waals surface area contributed by atoms with Crippen molar-refractivity contribution in [2.75, 3.05) is 39.2 Å². The Labute approximate surface area is 109 Å². The molecule has 5 nitrogen and oxygen atoms in total. The van der Waals surface area contributed by atoms with E-state index in [0.717, 1.165) is 37.3 Å². The molecule has 5 heteroatoms. The van der Waals surface area contributed by atoms with Crippen molar-refractivity contribution in [1.82, 2.24) is 14.5 Å². The summed E-state index contributed by atoms with van der Waals surface area (Å²) in [4.78, 5) is 6.92. The molecular formula is C13H24N4O. The van der Waals surface area contributed by atoms with E-state index in [9.17, 15) is 0 Å².